The van der Waals surface area contributed by atoms with Crippen LogP contribution in [0.15, 0.2) is 46.9 Å². The highest BCUT2D eigenvalue weighted by molar-refractivity contribution is 5.85. The van der Waals surface area contributed by atoms with E-state index in [1.807, 2.05) is 68.5 Å². The Bertz CT molecular complexity index is 816. The van der Waals surface area contributed by atoms with Crippen molar-refractivity contribution in [3.8, 4) is 17.2 Å². The van der Waals surface area contributed by atoms with Crippen LogP contribution in [0, 0.1) is 0 Å². The van der Waals surface area contributed by atoms with Crippen LogP contribution in [-0.2, 0) is 0 Å². The lowest BCUT2D eigenvalue weighted by molar-refractivity contribution is 0.288. The lowest BCUT2D eigenvalue weighted by Gasteiger charge is -2.10. The van der Waals surface area contributed by atoms with Crippen molar-refractivity contribution in [3.63, 3.8) is 0 Å². The average molecular weight is 338 g/mol. The molecule has 0 N–H and O–H groups in total. The molecule has 3 aromatic rings. The predicted octanol–water partition coefficient (Wildman–Crippen LogP) is 5.41. The van der Waals surface area contributed by atoms with E-state index in [-0.39, 0.29) is 0 Å². The summed E-state index contributed by atoms with van der Waals surface area (Å²) < 4.78 is 22.4. The Kier molecular flexibility index (Phi) is 5.29. The summed E-state index contributed by atoms with van der Waals surface area (Å²) in [5.41, 5.74) is 1.85. The highest BCUT2D eigenvalue weighted by Gasteiger charge is 2.10. The van der Waals surface area contributed by atoms with Gasteiger partial charge >= 0.3 is 0 Å². The smallest absolute Gasteiger partial charge is 0.164 e. The fraction of sp³-hybridized carbons (Fsp3) is 0.238. The molecule has 0 aliphatic heterocycles. The number of methoxy groups -OCH3 is 1. The van der Waals surface area contributed by atoms with Crippen molar-refractivity contribution in [2.45, 2.75) is 13.8 Å². The molecule has 3 rings (SSSR count). The molecule has 4 heteroatoms. The zero-order valence-electron chi connectivity index (χ0n) is 14.7. The number of benzene rings is 2. The van der Waals surface area contributed by atoms with Crippen molar-refractivity contribution in [3.05, 3.63) is 53.8 Å². The molecule has 25 heavy (non-hydrogen) atoms. The first-order chi connectivity index (χ1) is 12.2. The van der Waals surface area contributed by atoms with Gasteiger partial charge in [-0.1, -0.05) is 18.2 Å². The van der Waals surface area contributed by atoms with Gasteiger partial charge in [0.15, 0.2) is 11.5 Å². The summed E-state index contributed by atoms with van der Waals surface area (Å²) in [5.74, 6) is 3.06. The normalized spacial score (nSPS) is 11.2. The summed E-state index contributed by atoms with van der Waals surface area (Å²) in [6.07, 6.45) is 3.95. The monoisotopic (exact) mass is 338 g/mol. The van der Waals surface area contributed by atoms with Gasteiger partial charge in [-0.15, -0.1) is 0 Å². The Morgan fingerprint density at radius 2 is 1.56 bits per heavy atom. The Labute approximate surface area is 147 Å². The molecule has 0 fully saturated rings. The first kappa shape index (κ1) is 17.0. The van der Waals surface area contributed by atoms with E-state index >= 15 is 0 Å². The standard InChI is InChI=1S/C21H22O4/c1-4-23-20-13-16-12-18(25-19(16)14-21(20)24-5-2)11-8-15-6-9-17(22-3)10-7-15/h6-14H,4-5H2,1-3H3/b11-8+. The molecule has 0 bridgehead atoms. The van der Waals surface area contributed by atoms with Crippen LogP contribution in [0.1, 0.15) is 25.2 Å². The largest absolute Gasteiger partial charge is 0.497 e. The molecule has 0 saturated heterocycles. The molecule has 4 nitrogen and oxygen atoms in total. The summed E-state index contributed by atoms with van der Waals surface area (Å²) in [7, 11) is 1.66. The van der Waals surface area contributed by atoms with E-state index in [0.29, 0.717) is 19.0 Å². The Balaban J connectivity index is 1.87. The van der Waals surface area contributed by atoms with E-state index in [2.05, 4.69) is 0 Å². The van der Waals surface area contributed by atoms with Gasteiger partial charge in [-0.3, -0.25) is 0 Å². The fourth-order valence-corrected chi connectivity index (χ4v) is 2.58. The van der Waals surface area contributed by atoms with Crippen LogP contribution < -0.4 is 14.2 Å². The number of furan rings is 1. The topological polar surface area (TPSA) is 40.8 Å². The van der Waals surface area contributed by atoms with Crippen molar-refractivity contribution < 1.29 is 18.6 Å². The highest BCUT2D eigenvalue weighted by atomic mass is 16.5. The minimum absolute atomic E-state index is 0.580. The maximum Gasteiger partial charge on any atom is 0.164 e. The van der Waals surface area contributed by atoms with E-state index in [4.69, 9.17) is 18.6 Å². The second kappa shape index (κ2) is 7.79. The lowest BCUT2D eigenvalue weighted by atomic mass is 10.2. The van der Waals surface area contributed by atoms with Crippen LogP contribution in [-0.4, -0.2) is 20.3 Å². The Hall–Kier alpha value is -2.88. The van der Waals surface area contributed by atoms with Crippen LogP contribution >= 0.6 is 0 Å². The minimum atomic E-state index is 0.580. The molecule has 2 aromatic carbocycles. The zero-order valence-corrected chi connectivity index (χ0v) is 14.7. The van der Waals surface area contributed by atoms with Gasteiger partial charge in [0.2, 0.25) is 0 Å². The predicted molar refractivity (Wildman–Crippen MR) is 100 cm³/mol. The quantitative estimate of drug-likeness (QED) is 0.577. The second-order valence-electron chi connectivity index (χ2n) is 5.46. The lowest BCUT2D eigenvalue weighted by Crippen LogP contribution is -1.97. The summed E-state index contributed by atoms with van der Waals surface area (Å²) in [6, 6.07) is 13.7. The molecule has 1 heterocycles. The number of fused-ring (bicyclic) bond motifs is 1. The SMILES string of the molecule is CCOc1cc2cc(/C=C/c3ccc(OC)cc3)oc2cc1OCC. The third-order valence-electron chi connectivity index (χ3n) is 3.76. The van der Waals surface area contributed by atoms with Gasteiger partial charge < -0.3 is 18.6 Å². The number of rotatable bonds is 7. The molecule has 130 valence electrons. The van der Waals surface area contributed by atoms with E-state index in [1.165, 1.54) is 0 Å². The van der Waals surface area contributed by atoms with Crippen molar-refractivity contribution >= 4 is 23.1 Å². The van der Waals surface area contributed by atoms with Gasteiger partial charge in [0.05, 0.1) is 20.3 Å². The second-order valence-corrected chi connectivity index (χ2v) is 5.46. The van der Waals surface area contributed by atoms with Crippen LogP contribution in [0.3, 0.4) is 0 Å². The first-order valence-electron chi connectivity index (χ1n) is 8.38. The highest BCUT2D eigenvalue weighted by Crippen LogP contribution is 2.34. The minimum Gasteiger partial charge on any atom is -0.497 e. The van der Waals surface area contributed by atoms with Gasteiger partial charge in [0.25, 0.3) is 0 Å². The van der Waals surface area contributed by atoms with Gasteiger partial charge in [-0.05, 0) is 49.8 Å². The maximum absolute atomic E-state index is 5.91. The molecular formula is C21H22O4. The van der Waals surface area contributed by atoms with Gasteiger partial charge in [-0.2, -0.15) is 0 Å². The third-order valence-corrected chi connectivity index (χ3v) is 3.76. The zero-order chi connectivity index (χ0) is 17.6. The van der Waals surface area contributed by atoms with Crippen LogP contribution in [0.5, 0.6) is 17.2 Å². The number of ether oxygens (including phenoxy) is 3. The van der Waals surface area contributed by atoms with Crippen molar-refractivity contribution in [1.82, 2.24) is 0 Å². The molecule has 1 aromatic heterocycles. The van der Waals surface area contributed by atoms with E-state index in [0.717, 1.165) is 33.8 Å². The average Bonchev–Trinajstić information content (AvgIpc) is 3.03. The molecule has 0 spiro atoms. The van der Waals surface area contributed by atoms with Crippen LogP contribution in [0.2, 0.25) is 0 Å². The molecular weight excluding hydrogens is 316 g/mol. The summed E-state index contributed by atoms with van der Waals surface area (Å²) >= 11 is 0. The van der Waals surface area contributed by atoms with E-state index in [1.54, 1.807) is 7.11 Å². The fourth-order valence-electron chi connectivity index (χ4n) is 2.58. The molecule has 0 aliphatic rings. The van der Waals surface area contributed by atoms with Crippen LogP contribution in [0.25, 0.3) is 23.1 Å². The van der Waals surface area contributed by atoms with E-state index < -0.39 is 0 Å². The van der Waals surface area contributed by atoms with Crippen molar-refractivity contribution in [2.24, 2.45) is 0 Å². The van der Waals surface area contributed by atoms with Crippen LogP contribution in [0.4, 0.5) is 0 Å². The maximum atomic E-state index is 5.91. The number of hydrogen-bond acceptors (Lipinski definition) is 4. The molecule has 0 radical (unpaired) electrons. The Morgan fingerprint density at radius 1 is 0.880 bits per heavy atom. The van der Waals surface area contributed by atoms with Crippen molar-refractivity contribution in [1.29, 1.82) is 0 Å². The summed E-state index contributed by atoms with van der Waals surface area (Å²) in [6.45, 7) is 5.08. The molecule has 0 aliphatic carbocycles. The Morgan fingerprint density at radius 3 is 2.20 bits per heavy atom. The first-order valence-corrected chi connectivity index (χ1v) is 8.38. The molecule has 0 unspecified atom stereocenters. The summed E-state index contributed by atoms with van der Waals surface area (Å²) in [5, 5.41) is 0.987. The van der Waals surface area contributed by atoms with E-state index in [9.17, 15) is 0 Å². The third kappa shape index (κ3) is 3.97. The molecule has 0 amide bonds. The summed E-state index contributed by atoms with van der Waals surface area (Å²) in [4.78, 5) is 0. The van der Waals surface area contributed by atoms with Gasteiger partial charge in [0, 0.05) is 11.5 Å². The van der Waals surface area contributed by atoms with Crippen molar-refractivity contribution in [2.75, 3.05) is 20.3 Å². The van der Waals surface area contributed by atoms with Gasteiger partial charge in [-0.25, -0.2) is 0 Å². The number of hydrogen-bond donors (Lipinski definition) is 0. The molecule has 0 atom stereocenters. The molecule has 0 saturated carbocycles. The van der Waals surface area contributed by atoms with Gasteiger partial charge in [0.1, 0.15) is 17.1 Å².